The van der Waals surface area contributed by atoms with Gasteiger partial charge in [0.25, 0.3) is 0 Å². The molecule has 0 amide bonds. The van der Waals surface area contributed by atoms with Gasteiger partial charge in [-0.05, 0) is 48.4 Å². The number of carboxylic acids is 2. The molecule has 0 N–H and O–H groups in total. The summed E-state index contributed by atoms with van der Waals surface area (Å²) in [6, 6.07) is 2.87. The quantitative estimate of drug-likeness (QED) is 0.546. The average Bonchev–Trinajstić information content (AvgIpc) is 2.58. The number of carbonyl (C=O) groups excluding carboxylic acids is 2. The Morgan fingerprint density at radius 2 is 2.00 bits per heavy atom. The number of furan rings is 1. The molecule has 0 aliphatic heterocycles. The highest BCUT2D eigenvalue weighted by Crippen LogP contribution is 2.18. The van der Waals surface area contributed by atoms with Gasteiger partial charge >= 0.3 is 0 Å². The minimum atomic E-state index is -1.52. The molecule has 0 aliphatic carbocycles. The van der Waals surface area contributed by atoms with Crippen molar-refractivity contribution in [2.45, 2.75) is 6.92 Å². The van der Waals surface area contributed by atoms with Crippen LogP contribution in [0, 0.1) is 0 Å². The van der Waals surface area contributed by atoms with Crippen LogP contribution in [0.4, 0.5) is 0 Å². The first-order chi connectivity index (χ1) is 7.90. The molecule has 6 heteroatoms. The summed E-state index contributed by atoms with van der Waals surface area (Å²) in [4.78, 5) is 21.1. The lowest BCUT2D eigenvalue weighted by molar-refractivity contribution is -0.298. The van der Waals surface area contributed by atoms with E-state index in [4.69, 9.17) is 16.0 Å². The van der Waals surface area contributed by atoms with Crippen molar-refractivity contribution in [1.82, 2.24) is 0 Å². The molecule has 1 aromatic rings. The fourth-order valence-electron chi connectivity index (χ4n) is 1.14. The highest BCUT2D eigenvalue weighted by Gasteiger charge is 2.04. The Morgan fingerprint density at radius 3 is 2.41 bits per heavy atom. The highest BCUT2D eigenvalue weighted by molar-refractivity contribution is 6.28. The Bertz CT molecular complexity index is 510. The van der Waals surface area contributed by atoms with Crippen LogP contribution in [0.3, 0.4) is 0 Å². The predicted molar refractivity (Wildman–Crippen MR) is 55.5 cm³/mol. The van der Waals surface area contributed by atoms with Gasteiger partial charge in [0.05, 0.1) is 11.9 Å². The second-order valence-electron chi connectivity index (χ2n) is 3.13. The maximum atomic E-state index is 10.8. The molecule has 0 bridgehead atoms. The highest BCUT2D eigenvalue weighted by atomic mass is 35.5. The van der Waals surface area contributed by atoms with E-state index in [1.54, 1.807) is 0 Å². The molecule has 1 heterocycles. The SMILES string of the molecule is CC(=C/C(=O)[O-])/C(=C/c1ccc(Cl)o1)C(=O)[O-]. The zero-order chi connectivity index (χ0) is 13.0. The van der Waals surface area contributed by atoms with E-state index in [0.29, 0.717) is 6.08 Å². The van der Waals surface area contributed by atoms with Crippen LogP contribution in [0.25, 0.3) is 6.08 Å². The maximum Gasteiger partial charge on any atom is 0.193 e. The molecule has 1 aromatic heterocycles. The van der Waals surface area contributed by atoms with Crippen molar-refractivity contribution in [2.75, 3.05) is 0 Å². The van der Waals surface area contributed by atoms with Crippen LogP contribution in [0.15, 0.2) is 33.8 Å². The summed E-state index contributed by atoms with van der Waals surface area (Å²) >= 11 is 5.51. The Kier molecular flexibility index (Phi) is 4.12. The Hall–Kier alpha value is -2.01. The monoisotopic (exact) mass is 254 g/mol. The third kappa shape index (κ3) is 3.81. The largest absolute Gasteiger partial charge is 0.545 e. The molecule has 1 rings (SSSR count). The average molecular weight is 255 g/mol. The van der Waals surface area contributed by atoms with E-state index in [1.165, 1.54) is 19.1 Å². The van der Waals surface area contributed by atoms with Crippen molar-refractivity contribution in [3.63, 3.8) is 0 Å². The summed E-state index contributed by atoms with van der Waals surface area (Å²) in [7, 11) is 0. The zero-order valence-corrected chi connectivity index (χ0v) is 9.48. The van der Waals surface area contributed by atoms with E-state index in [1.807, 2.05) is 0 Å². The molecule has 0 atom stereocenters. The lowest BCUT2D eigenvalue weighted by atomic mass is 10.1. The number of rotatable bonds is 4. The Morgan fingerprint density at radius 1 is 1.35 bits per heavy atom. The molecule has 17 heavy (non-hydrogen) atoms. The molecule has 0 spiro atoms. The summed E-state index contributed by atoms with van der Waals surface area (Å²) < 4.78 is 4.93. The molecule has 0 radical (unpaired) electrons. The molecule has 5 nitrogen and oxygen atoms in total. The van der Waals surface area contributed by atoms with Gasteiger partial charge in [-0.25, -0.2) is 0 Å². The topological polar surface area (TPSA) is 93.4 Å². The van der Waals surface area contributed by atoms with Crippen molar-refractivity contribution in [1.29, 1.82) is 0 Å². The number of carboxylic acid groups (broad SMARTS) is 2. The van der Waals surface area contributed by atoms with Crippen molar-refractivity contribution in [2.24, 2.45) is 0 Å². The van der Waals surface area contributed by atoms with Gasteiger partial charge in [-0.3, -0.25) is 0 Å². The van der Waals surface area contributed by atoms with Gasteiger partial charge in [0.15, 0.2) is 5.22 Å². The molecule has 0 aromatic carbocycles. The molecule has 0 unspecified atom stereocenters. The summed E-state index contributed by atoms with van der Waals surface area (Å²) in [6.07, 6.45) is 1.78. The first-order valence-electron chi connectivity index (χ1n) is 4.48. The van der Waals surface area contributed by atoms with E-state index in [9.17, 15) is 19.8 Å². The van der Waals surface area contributed by atoms with Crippen LogP contribution in [-0.2, 0) is 9.59 Å². The molecule has 0 aliphatic rings. The third-order valence-electron chi connectivity index (χ3n) is 1.86. The van der Waals surface area contributed by atoms with Gasteiger partial charge in [0.2, 0.25) is 0 Å². The van der Waals surface area contributed by atoms with E-state index < -0.39 is 11.9 Å². The van der Waals surface area contributed by atoms with Gasteiger partial charge in [0.1, 0.15) is 5.76 Å². The molecule has 0 saturated heterocycles. The zero-order valence-electron chi connectivity index (χ0n) is 8.73. The second-order valence-corrected chi connectivity index (χ2v) is 3.51. The number of halogens is 1. The molecule has 90 valence electrons. The Balaban J connectivity index is 3.14. The van der Waals surface area contributed by atoms with Gasteiger partial charge in [-0.15, -0.1) is 0 Å². The van der Waals surface area contributed by atoms with Crippen LogP contribution in [0.2, 0.25) is 5.22 Å². The third-order valence-corrected chi connectivity index (χ3v) is 2.06. The van der Waals surface area contributed by atoms with Crippen LogP contribution in [0.5, 0.6) is 0 Å². The fraction of sp³-hybridized carbons (Fsp3) is 0.0909. The molecule has 0 saturated carbocycles. The summed E-state index contributed by atoms with van der Waals surface area (Å²) in [5.41, 5.74) is -0.335. The van der Waals surface area contributed by atoms with Gasteiger partial charge in [0, 0.05) is 5.57 Å². The normalized spacial score (nSPS) is 12.6. The summed E-state index contributed by atoms with van der Waals surface area (Å²) in [6.45, 7) is 1.31. The van der Waals surface area contributed by atoms with Gasteiger partial charge in [-0.2, -0.15) is 0 Å². The number of carbonyl (C=O) groups is 2. The fourth-order valence-corrected chi connectivity index (χ4v) is 1.29. The molecular formula is C11H7ClO5-2. The smallest absolute Gasteiger partial charge is 0.193 e. The molecular weight excluding hydrogens is 248 g/mol. The van der Waals surface area contributed by atoms with Crippen molar-refractivity contribution in [3.05, 3.63) is 40.3 Å². The first kappa shape index (κ1) is 13.1. The van der Waals surface area contributed by atoms with Crippen molar-refractivity contribution in [3.8, 4) is 0 Å². The second kappa shape index (κ2) is 5.36. The van der Waals surface area contributed by atoms with E-state index in [-0.39, 0.29) is 22.1 Å². The van der Waals surface area contributed by atoms with Crippen LogP contribution in [0.1, 0.15) is 12.7 Å². The van der Waals surface area contributed by atoms with E-state index in [2.05, 4.69) is 0 Å². The van der Waals surface area contributed by atoms with E-state index >= 15 is 0 Å². The molecule has 0 fully saturated rings. The van der Waals surface area contributed by atoms with Gasteiger partial charge in [-0.1, -0.05) is 0 Å². The first-order valence-corrected chi connectivity index (χ1v) is 4.86. The minimum absolute atomic E-state index is 0.0162. The lowest BCUT2D eigenvalue weighted by Crippen LogP contribution is -2.26. The van der Waals surface area contributed by atoms with Crippen molar-refractivity contribution >= 4 is 29.6 Å². The number of aliphatic carboxylic acids is 2. The van der Waals surface area contributed by atoms with Crippen LogP contribution in [-0.4, -0.2) is 11.9 Å². The Labute approximate surface area is 102 Å². The van der Waals surface area contributed by atoms with E-state index in [0.717, 1.165) is 6.08 Å². The number of hydrogen-bond donors (Lipinski definition) is 0. The lowest BCUT2D eigenvalue weighted by Gasteiger charge is -2.09. The predicted octanol–water partition coefficient (Wildman–Crippen LogP) is -0.238. The summed E-state index contributed by atoms with van der Waals surface area (Å²) in [5.74, 6) is -2.83. The maximum absolute atomic E-state index is 10.8. The standard InChI is InChI=1S/C11H9ClO5/c1-6(4-10(13)14)8(11(15)16)5-7-2-3-9(12)17-7/h2-5H,1H3,(H,13,14)(H,15,16)/p-2/b6-4-,8-5-. The van der Waals surface area contributed by atoms with Gasteiger partial charge < -0.3 is 24.2 Å². The summed E-state index contributed by atoms with van der Waals surface area (Å²) in [5, 5.41) is 21.2. The number of hydrogen-bond acceptors (Lipinski definition) is 5. The van der Waals surface area contributed by atoms with Crippen LogP contribution >= 0.6 is 11.6 Å². The van der Waals surface area contributed by atoms with Crippen LogP contribution < -0.4 is 10.2 Å². The minimum Gasteiger partial charge on any atom is -0.545 e. The van der Waals surface area contributed by atoms with Crippen molar-refractivity contribution < 1.29 is 24.2 Å².